The molecule has 0 bridgehead atoms. The standard InChI is InChI=1S/C17H27FN2O/c1-14(2)9-5-3-4-8-12-19-13-17(21)20-16-11-7-6-10-15(16)18/h6-7,10-11,14,19H,3-5,8-9,12-13H2,1-2H3,(H,20,21). The lowest BCUT2D eigenvalue weighted by molar-refractivity contribution is -0.115. The predicted molar refractivity (Wildman–Crippen MR) is 85.8 cm³/mol. The first kappa shape index (κ1) is 17.6. The van der Waals surface area contributed by atoms with Gasteiger partial charge < -0.3 is 10.6 Å². The molecule has 0 aliphatic heterocycles. The minimum Gasteiger partial charge on any atom is -0.322 e. The average molecular weight is 294 g/mol. The third-order valence-electron chi connectivity index (χ3n) is 3.32. The lowest BCUT2D eigenvalue weighted by Crippen LogP contribution is -2.29. The summed E-state index contributed by atoms with van der Waals surface area (Å²) in [4.78, 5) is 11.6. The predicted octanol–water partition coefficient (Wildman–Crippen LogP) is 3.96. The van der Waals surface area contributed by atoms with E-state index in [0.29, 0.717) is 0 Å². The Bertz CT molecular complexity index is 421. The van der Waals surface area contributed by atoms with Gasteiger partial charge in [0.05, 0.1) is 12.2 Å². The van der Waals surface area contributed by atoms with Gasteiger partial charge in [-0.1, -0.05) is 51.7 Å². The van der Waals surface area contributed by atoms with E-state index in [9.17, 15) is 9.18 Å². The van der Waals surface area contributed by atoms with Crippen LogP contribution in [0.5, 0.6) is 0 Å². The number of nitrogens with one attached hydrogen (secondary N) is 2. The molecule has 0 spiro atoms. The molecule has 1 aromatic rings. The number of halogens is 1. The van der Waals surface area contributed by atoms with Crippen LogP contribution in [0.4, 0.5) is 10.1 Å². The number of carbonyl (C=O) groups is 1. The zero-order valence-corrected chi connectivity index (χ0v) is 13.1. The van der Waals surface area contributed by atoms with Crippen molar-refractivity contribution in [3.63, 3.8) is 0 Å². The number of unbranched alkanes of at least 4 members (excludes halogenated alkanes) is 3. The van der Waals surface area contributed by atoms with Gasteiger partial charge in [0, 0.05) is 0 Å². The van der Waals surface area contributed by atoms with E-state index in [0.717, 1.165) is 18.9 Å². The van der Waals surface area contributed by atoms with Crippen LogP contribution in [0.2, 0.25) is 0 Å². The van der Waals surface area contributed by atoms with E-state index in [1.165, 1.54) is 31.7 Å². The molecule has 0 aliphatic carbocycles. The normalized spacial score (nSPS) is 10.9. The molecule has 0 unspecified atom stereocenters. The molecule has 2 N–H and O–H groups in total. The highest BCUT2D eigenvalue weighted by Gasteiger charge is 2.05. The van der Waals surface area contributed by atoms with Crippen molar-refractivity contribution in [3.8, 4) is 0 Å². The van der Waals surface area contributed by atoms with Gasteiger partial charge in [-0.15, -0.1) is 0 Å². The van der Waals surface area contributed by atoms with E-state index in [1.54, 1.807) is 18.2 Å². The van der Waals surface area contributed by atoms with Gasteiger partial charge in [0.15, 0.2) is 0 Å². The summed E-state index contributed by atoms with van der Waals surface area (Å²) in [6.07, 6.45) is 6.09. The fraction of sp³-hybridized carbons (Fsp3) is 0.588. The van der Waals surface area contributed by atoms with Crippen LogP contribution in [-0.2, 0) is 4.79 Å². The van der Waals surface area contributed by atoms with Gasteiger partial charge in [-0.3, -0.25) is 4.79 Å². The summed E-state index contributed by atoms with van der Waals surface area (Å²) in [6.45, 7) is 5.54. The minimum absolute atomic E-state index is 0.208. The summed E-state index contributed by atoms with van der Waals surface area (Å²) in [5.74, 6) is 0.168. The van der Waals surface area contributed by atoms with Gasteiger partial charge >= 0.3 is 0 Å². The highest BCUT2D eigenvalue weighted by molar-refractivity contribution is 5.92. The van der Waals surface area contributed by atoms with Crippen molar-refractivity contribution in [2.45, 2.75) is 46.0 Å². The second kappa shape index (κ2) is 10.3. The SMILES string of the molecule is CC(C)CCCCCCNCC(=O)Nc1ccccc1F. The Hall–Kier alpha value is -1.42. The van der Waals surface area contributed by atoms with Crippen molar-refractivity contribution in [1.82, 2.24) is 5.32 Å². The monoisotopic (exact) mass is 294 g/mol. The maximum absolute atomic E-state index is 13.3. The van der Waals surface area contributed by atoms with Gasteiger partial charge in [0.1, 0.15) is 5.82 Å². The Balaban J connectivity index is 2.03. The molecule has 4 heteroatoms. The zero-order valence-electron chi connectivity index (χ0n) is 13.1. The molecule has 3 nitrogen and oxygen atoms in total. The summed E-state index contributed by atoms with van der Waals surface area (Å²) in [6, 6.07) is 6.19. The molecule has 0 saturated heterocycles. The molecule has 0 aliphatic rings. The molecule has 0 heterocycles. The van der Waals surface area contributed by atoms with E-state index in [4.69, 9.17) is 0 Å². The van der Waals surface area contributed by atoms with Crippen LogP contribution >= 0.6 is 0 Å². The number of amides is 1. The molecule has 118 valence electrons. The molecule has 1 amide bonds. The molecule has 0 aromatic heterocycles. The smallest absolute Gasteiger partial charge is 0.238 e. The van der Waals surface area contributed by atoms with Crippen molar-refractivity contribution in [2.75, 3.05) is 18.4 Å². The molecule has 0 radical (unpaired) electrons. The molecule has 0 fully saturated rings. The van der Waals surface area contributed by atoms with Crippen LogP contribution in [0.1, 0.15) is 46.0 Å². The van der Waals surface area contributed by atoms with Crippen LogP contribution < -0.4 is 10.6 Å². The maximum atomic E-state index is 13.3. The van der Waals surface area contributed by atoms with Crippen LogP contribution in [-0.4, -0.2) is 19.0 Å². The van der Waals surface area contributed by atoms with Gasteiger partial charge in [0.2, 0.25) is 5.91 Å². The van der Waals surface area contributed by atoms with Crippen LogP contribution in [0, 0.1) is 11.7 Å². The lowest BCUT2D eigenvalue weighted by atomic mass is 10.0. The summed E-state index contributed by atoms with van der Waals surface area (Å²) in [5, 5.41) is 5.65. The summed E-state index contributed by atoms with van der Waals surface area (Å²) in [7, 11) is 0. The van der Waals surface area contributed by atoms with E-state index in [-0.39, 0.29) is 18.1 Å². The Kier molecular flexibility index (Phi) is 8.67. The maximum Gasteiger partial charge on any atom is 0.238 e. The summed E-state index contributed by atoms with van der Waals surface area (Å²) >= 11 is 0. The quantitative estimate of drug-likeness (QED) is 0.641. The second-order valence-corrected chi connectivity index (χ2v) is 5.80. The van der Waals surface area contributed by atoms with Crippen molar-refractivity contribution in [2.24, 2.45) is 5.92 Å². The van der Waals surface area contributed by atoms with Crippen LogP contribution in [0.25, 0.3) is 0 Å². The number of rotatable bonds is 10. The Morgan fingerprint density at radius 1 is 1.14 bits per heavy atom. The fourth-order valence-electron chi connectivity index (χ4n) is 2.12. The number of carbonyl (C=O) groups excluding carboxylic acids is 1. The number of para-hydroxylation sites is 1. The first-order chi connectivity index (χ1) is 10.1. The summed E-state index contributed by atoms with van der Waals surface area (Å²) < 4.78 is 13.3. The third-order valence-corrected chi connectivity index (χ3v) is 3.32. The Morgan fingerprint density at radius 3 is 2.57 bits per heavy atom. The highest BCUT2D eigenvalue weighted by Crippen LogP contribution is 2.11. The van der Waals surface area contributed by atoms with Crippen LogP contribution in [0.15, 0.2) is 24.3 Å². The number of hydrogen-bond acceptors (Lipinski definition) is 2. The largest absolute Gasteiger partial charge is 0.322 e. The Morgan fingerprint density at radius 2 is 1.86 bits per heavy atom. The molecular weight excluding hydrogens is 267 g/mol. The summed E-state index contributed by atoms with van der Waals surface area (Å²) in [5.41, 5.74) is 0.234. The Labute approximate surface area is 127 Å². The van der Waals surface area contributed by atoms with E-state index < -0.39 is 5.82 Å². The van der Waals surface area contributed by atoms with Gasteiger partial charge in [0.25, 0.3) is 0 Å². The van der Waals surface area contributed by atoms with Crippen molar-refractivity contribution in [3.05, 3.63) is 30.1 Å². The first-order valence-electron chi connectivity index (χ1n) is 7.84. The van der Waals surface area contributed by atoms with Crippen molar-refractivity contribution >= 4 is 11.6 Å². The zero-order chi connectivity index (χ0) is 15.5. The second-order valence-electron chi connectivity index (χ2n) is 5.80. The number of anilines is 1. The minimum atomic E-state index is -0.406. The third kappa shape index (κ3) is 8.45. The van der Waals surface area contributed by atoms with Gasteiger partial charge in [-0.2, -0.15) is 0 Å². The van der Waals surface area contributed by atoms with Crippen molar-refractivity contribution in [1.29, 1.82) is 0 Å². The first-order valence-corrected chi connectivity index (χ1v) is 7.84. The number of benzene rings is 1. The number of hydrogen-bond donors (Lipinski definition) is 2. The lowest BCUT2D eigenvalue weighted by Gasteiger charge is -2.08. The van der Waals surface area contributed by atoms with Crippen molar-refractivity contribution < 1.29 is 9.18 Å². The molecule has 0 atom stereocenters. The molecule has 21 heavy (non-hydrogen) atoms. The highest BCUT2D eigenvalue weighted by atomic mass is 19.1. The molecule has 1 aromatic carbocycles. The topological polar surface area (TPSA) is 41.1 Å². The molecular formula is C17H27FN2O. The average Bonchev–Trinajstić information content (AvgIpc) is 2.44. The van der Waals surface area contributed by atoms with Crippen LogP contribution in [0.3, 0.4) is 0 Å². The molecule has 0 saturated carbocycles. The van der Waals surface area contributed by atoms with Gasteiger partial charge in [-0.05, 0) is 31.0 Å². The fourth-order valence-corrected chi connectivity index (χ4v) is 2.12. The molecule has 1 rings (SSSR count). The van der Waals surface area contributed by atoms with Gasteiger partial charge in [-0.25, -0.2) is 4.39 Å². The van der Waals surface area contributed by atoms with E-state index >= 15 is 0 Å². The van der Waals surface area contributed by atoms with E-state index in [2.05, 4.69) is 24.5 Å². The van der Waals surface area contributed by atoms with E-state index in [1.807, 2.05) is 0 Å².